The molecule has 0 bridgehead atoms. The number of hydrogen-bond donors (Lipinski definition) is 0. The molecule has 41 heavy (non-hydrogen) atoms. The van der Waals surface area contributed by atoms with E-state index in [2.05, 4.69) is 0 Å². The highest BCUT2D eigenvalue weighted by atomic mass is 19.4. The standard InChI is InChI=1S/C30H37F5N2O4/c1-5-21-18-24(11-12-25(21)27(38)36(2)3)41-29(31,32)15-7-8-20-13-16-37(17-14-20)28(39)26(30(33,34)35)22-9-6-10-23(19-22)40-4/h6,9-12,18-20,26H,5,7-8,13-17H2,1-4H3/t26-/m0/s1. The first-order valence-electron chi connectivity index (χ1n) is 13.7. The topological polar surface area (TPSA) is 59.1 Å². The average Bonchev–Trinajstić information content (AvgIpc) is 2.92. The summed E-state index contributed by atoms with van der Waals surface area (Å²) in [5, 5.41) is 0. The molecule has 1 heterocycles. The van der Waals surface area contributed by atoms with Crippen LogP contribution in [0, 0.1) is 5.92 Å². The lowest BCUT2D eigenvalue weighted by atomic mass is 9.89. The van der Waals surface area contributed by atoms with E-state index >= 15 is 0 Å². The smallest absolute Gasteiger partial charge is 0.404 e. The molecule has 1 aliphatic rings. The Morgan fingerprint density at radius 3 is 2.29 bits per heavy atom. The van der Waals surface area contributed by atoms with Crippen LogP contribution in [0.4, 0.5) is 22.0 Å². The number of nitrogens with zero attached hydrogens (tertiary/aromatic N) is 2. The monoisotopic (exact) mass is 584 g/mol. The zero-order valence-electron chi connectivity index (χ0n) is 23.8. The van der Waals surface area contributed by atoms with Crippen molar-refractivity contribution in [2.45, 2.75) is 63.7 Å². The van der Waals surface area contributed by atoms with Gasteiger partial charge in [0.2, 0.25) is 5.91 Å². The van der Waals surface area contributed by atoms with Gasteiger partial charge >= 0.3 is 12.3 Å². The van der Waals surface area contributed by atoms with Crippen LogP contribution >= 0.6 is 0 Å². The first kappa shape index (κ1) is 32.1. The number of alkyl halides is 5. The van der Waals surface area contributed by atoms with Crippen molar-refractivity contribution in [3.8, 4) is 11.5 Å². The second kappa shape index (κ2) is 13.5. The zero-order valence-corrected chi connectivity index (χ0v) is 23.8. The van der Waals surface area contributed by atoms with Crippen molar-refractivity contribution in [2.75, 3.05) is 34.3 Å². The van der Waals surface area contributed by atoms with E-state index < -0.39 is 30.5 Å². The third-order valence-electron chi connectivity index (χ3n) is 7.37. The van der Waals surface area contributed by atoms with Crippen LogP contribution in [0.5, 0.6) is 11.5 Å². The van der Waals surface area contributed by atoms with Crippen LogP contribution in [0.15, 0.2) is 42.5 Å². The molecule has 1 fully saturated rings. The molecule has 0 saturated carbocycles. The second-order valence-corrected chi connectivity index (χ2v) is 10.5. The van der Waals surface area contributed by atoms with E-state index in [4.69, 9.17) is 9.47 Å². The molecule has 0 aromatic heterocycles. The molecule has 0 N–H and O–H groups in total. The molecule has 0 unspecified atom stereocenters. The average molecular weight is 585 g/mol. The van der Waals surface area contributed by atoms with E-state index in [9.17, 15) is 31.5 Å². The van der Waals surface area contributed by atoms with Gasteiger partial charge in [0.15, 0.2) is 5.92 Å². The Kier molecular flexibility index (Phi) is 10.6. The summed E-state index contributed by atoms with van der Waals surface area (Å²) in [7, 11) is 4.57. The van der Waals surface area contributed by atoms with Crippen molar-refractivity contribution >= 4 is 11.8 Å². The molecule has 0 aliphatic carbocycles. The van der Waals surface area contributed by atoms with E-state index in [1.807, 2.05) is 6.92 Å². The minimum absolute atomic E-state index is 0.0130. The molecule has 2 aromatic rings. The van der Waals surface area contributed by atoms with Crippen molar-refractivity contribution in [1.82, 2.24) is 9.80 Å². The third-order valence-corrected chi connectivity index (χ3v) is 7.37. The highest BCUT2D eigenvalue weighted by Crippen LogP contribution is 2.39. The maximum absolute atomic E-state index is 14.6. The molecule has 1 aliphatic heterocycles. The Morgan fingerprint density at radius 2 is 1.71 bits per heavy atom. The molecule has 11 heteroatoms. The number of rotatable bonds is 11. The van der Waals surface area contributed by atoms with Gasteiger partial charge in [-0.2, -0.15) is 22.0 Å². The van der Waals surface area contributed by atoms with Gasteiger partial charge in [-0.1, -0.05) is 19.1 Å². The Bertz CT molecular complexity index is 1190. The lowest BCUT2D eigenvalue weighted by molar-refractivity contribution is -0.181. The molecular weight excluding hydrogens is 547 g/mol. The van der Waals surface area contributed by atoms with Crippen molar-refractivity contribution in [3.63, 3.8) is 0 Å². The molecule has 1 atom stereocenters. The zero-order chi connectivity index (χ0) is 30.4. The molecule has 0 radical (unpaired) electrons. The molecular formula is C30H37F5N2O4. The lowest BCUT2D eigenvalue weighted by Gasteiger charge is -2.35. The van der Waals surface area contributed by atoms with Gasteiger partial charge in [0.25, 0.3) is 5.91 Å². The first-order valence-corrected chi connectivity index (χ1v) is 13.7. The maximum atomic E-state index is 14.6. The number of ether oxygens (including phenoxy) is 2. The van der Waals surface area contributed by atoms with Crippen LogP contribution < -0.4 is 9.47 Å². The summed E-state index contributed by atoms with van der Waals surface area (Å²) in [6, 6.07) is 9.69. The summed E-state index contributed by atoms with van der Waals surface area (Å²) in [6.45, 7) is 2.08. The van der Waals surface area contributed by atoms with Crippen LogP contribution in [-0.2, 0) is 11.2 Å². The van der Waals surface area contributed by atoms with Crippen LogP contribution in [0.1, 0.15) is 66.4 Å². The molecule has 2 amide bonds. The second-order valence-electron chi connectivity index (χ2n) is 10.5. The predicted molar refractivity (Wildman–Crippen MR) is 144 cm³/mol. The summed E-state index contributed by atoms with van der Waals surface area (Å²) in [5.41, 5.74) is 0.858. The summed E-state index contributed by atoms with van der Waals surface area (Å²) in [6.07, 6.45) is -6.80. The number of carbonyl (C=O) groups excluding carboxylic acids is 2. The van der Waals surface area contributed by atoms with Crippen LogP contribution in [0.3, 0.4) is 0 Å². The van der Waals surface area contributed by atoms with Crippen LogP contribution in [-0.4, -0.2) is 68.2 Å². The number of piperidine rings is 1. The number of hydrogen-bond acceptors (Lipinski definition) is 4. The number of carbonyl (C=O) groups is 2. The van der Waals surface area contributed by atoms with Gasteiger partial charge < -0.3 is 19.3 Å². The Hall–Kier alpha value is -3.37. The van der Waals surface area contributed by atoms with E-state index in [0.717, 1.165) is 0 Å². The van der Waals surface area contributed by atoms with Gasteiger partial charge in [0.1, 0.15) is 11.5 Å². The number of amides is 2. The first-order chi connectivity index (χ1) is 19.3. The fourth-order valence-corrected chi connectivity index (χ4v) is 5.11. The fraction of sp³-hybridized carbons (Fsp3) is 0.533. The van der Waals surface area contributed by atoms with Crippen molar-refractivity contribution in [3.05, 3.63) is 59.2 Å². The van der Waals surface area contributed by atoms with Gasteiger partial charge in [-0.15, -0.1) is 0 Å². The summed E-state index contributed by atoms with van der Waals surface area (Å²) >= 11 is 0. The minimum atomic E-state index is -4.77. The normalized spacial score (nSPS) is 15.4. The number of benzene rings is 2. The minimum Gasteiger partial charge on any atom is -0.497 e. The summed E-state index contributed by atoms with van der Waals surface area (Å²) in [4.78, 5) is 27.9. The number of methoxy groups -OCH3 is 1. The lowest BCUT2D eigenvalue weighted by Crippen LogP contribution is -2.44. The van der Waals surface area contributed by atoms with E-state index in [-0.39, 0.29) is 48.4 Å². The molecule has 2 aromatic carbocycles. The SMILES string of the molecule is CCc1cc(OC(F)(F)CCCC2CCN(C(=O)[C@H](c3cccc(OC)c3)C(F)(F)F)CC2)ccc1C(=O)N(C)C. The van der Waals surface area contributed by atoms with E-state index in [1.165, 1.54) is 59.4 Å². The molecule has 226 valence electrons. The fourth-order valence-electron chi connectivity index (χ4n) is 5.11. The number of aryl methyl sites for hydroxylation is 1. The van der Waals surface area contributed by atoms with Crippen molar-refractivity contribution in [2.24, 2.45) is 5.92 Å². The highest BCUT2D eigenvalue weighted by molar-refractivity contribution is 5.95. The number of likely N-dealkylation sites (tertiary alicyclic amines) is 1. The highest BCUT2D eigenvalue weighted by Gasteiger charge is 2.48. The summed E-state index contributed by atoms with van der Waals surface area (Å²) in [5.74, 6) is -3.32. The van der Waals surface area contributed by atoms with Crippen molar-refractivity contribution in [1.29, 1.82) is 0 Å². The Labute approximate surface area is 237 Å². The largest absolute Gasteiger partial charge is 0.497 e. The molecule has 1 saturated heterocycles. The predicted octanol–water partition coefficient (Wildman–Crippen LogP) is 6.69. The quantitative estimate of drug-likeness (QED) is 0.277. The van der Waals surface area contributed by atoms with Gasteiger partial charge in [0, 0.05) is 32.7 Å². The third kappa shape index (κ3) is 8.56. The summed E-state index contributed by atoms with van der Waals surface area (Å²) < 4.78 is 80.9. The molecule has 3 rings (SSSR count). The van der Waals surface area contributed by atoms with Gasteiger partial charge in [0.05, 0.1) is 13.5 Å². The number of halogens is 5. The maximum Gasteiger partial charge on any atom is 0.404 e. The van der Waals surface area contributed by atoms with Crippen molar-refractivity contribution < 1.29 is 41.0 Å². The van der Waals surface area contributed by atoms with Gasteiger partial charge in [-0.25, -0.2) is 0 Å². The van der Waals surface area contributed by atoms with Crippen LogP contribution in [0.2, 0.25) is 0 Å². The Morgan fingerprint density at radius 1 is 1.02 bits per heavy atom. The van der Waals surface area contributed by atoms with E-state index in [1.54, 1.807) is 14.1 Å². The Balaban J connectivity index is 1.52. The van der Waals surface area contributed by atoms with Crippen LogP contribution in [0.25, 0.3) is 0 Å². The van der Waals surface area contributed by atoms with E-state index in [0.29, 0.717) is 36.8 Å². The van der Waals surface area contributed by atoms with Gasteiger partial charge in [-0.3, -0.25) is 9.59 Å². The molecule has 0 spiro atoms. The molecule has 6 nitrogen and oxygen atoms in total. The van der Waals surface area contributed by atoms with Gasteiger partial charge in [-0.05, 0) is 79.5 Å².